The summed E-state index contributed by atoms with van der Waals surface area (Å²) < 4.78 is 5.69. The van der Waals surface area contributed by atoms with Gasteiger partial charge >= 0.3 is 0 Å². The quantitative estimate of drug-likeness (QED) is 0.622. The molecule has 0 saturated carbocycles. The minimum absolute atomic E-state index is 0.0316. The highest BCUT2D eigenvalue weighted by atomic mass is 16.5. The number of ether oxygens (including phenoxy) is 1. The van der Waals surface area contributed by atoms with Crippen LogP contribution in [-0.4, -0.2) is 6.61 Å². The van der Waals surface area contributed by atoms with Crippen molar-refractivity contribution < 1.29 is 4.74 Å². The van der Waals surface area contributed by atoms with Gasteiger partial charge in [0.15, 0.2) is 0 Å². The van der Waals surface area contributed by atoms with Gasteiger partial charge in [0.2, 0.25) is 0 Å². The summed E-state index contributed by atoms with van der Waals surface area (Å²) in [6, 6.07) is 6.36. The van der Waals surface area contributed by atoms with E-state index in [1.54, 1.807) is 0 Å². The van der Waals surface area contributed by atoms with E-state index in [2.05, 4.69) is 43.5 Å². The fourth-order valence-electron chi connectivity index (χ4n) is 2.25. The first kappa shape index (κ1) is 12.1. The van der Waals surface area contributed by atoms with Crippen molar-refractivity contribution in [1.29, 1.82) is 0 Å². The van der Waals surface area contributed by atoms with Crippen LogP contribution in [0.25, 0.3) is 0 Å². The normalized spacial score (nSPS) is 17.2. The molecule has 92 valence electrons. The fraction of sp³-hybridized carbons (Fsp3) is 0.429. The smallest absolute Gasteiger partial charge is 0.115 e. The summed E-state index contributed by atoms with van der Waals surface area (Å²) in [5, 5.41) is 0. The highest BCUT2D eigenvalue weighted by Crippen LogP contribution is 2.27. The first-order valence-corrected chi connectivity index (χ1v) is 6.08. The molecular weight excluding hydrogens is 212 g/mol. The molecule has 17 heavy (non-hydrogen) atoms. The van der Waals surface area contributed by atoms with Gasteiger partial charge < -0.3 is 4.74 Å². The van der Waals surface area contributed by atoms with E-state index in [0.717, 1.165) is 25.2 Å². The summed E-state index contributed by atoms with van der Waals surface area (Å²) in [6.07, 6.45) is 4.29. The number of allylic oxidation sites excluding steroid dienone is 1. The van der Waals surface area contributed by atoms with Gasteiger partial charge in [-0.05, 0) is 43.9 Å². The van der Waals surface area contributed by atoms with Crippen LogP contribution in [0.3, 0.4) is 0 Å². The van der Waals surface area contributed by atoms with Crippen molar-refractivity contribution in [3.8, 4) is 0 Å². The van der Waals surface area contributed by atoms with Crippen LogP contribution in [0.15, 0.2) is 30.0 Å². The molecule has 1 unspecified atom stereocenters. The Balaban J connectivity index is 2.31. The SMILES string of the molecule is Cc1ccc(C(NN)C2=CCCCO2)c(C)c1. The summed E-state index contributed by atoms with van der Waals surface area (Å²) in [5.74, 6) is 6.62. The minimum atomic E-state index is -0.0316. The van der Waals surface area contributed by atoms with Crippen LogP contribution in [0.2, 0.25) is 0 Å². The molecule has 3 N–H and O–H groups in total. The zero-order chi connectivity index (χ0) is 12.3. The van der Waals surface area contributed by atoms with Gasteiger partial charge in [0.25, 0.3) is 0 Å². The maximum atomic E-state index is 5.69. The van der Waals surface area contributed by atoms with Crippen molar-refractivity contribution >= 4 is 0 Å². The summed E-state index contributed by atoms with van der Waals surface area (Å²) in [6.45, 7) is 4.99. The molecule has 0 amide bonds. The lowest BCUT2D eigenvalue weighted by molar-refractivity contribution is 0.167. The largest absolute Gasteiger partial charge is 0.496 e. The average Bonchev–Trinajstić information content (AvgIpc) is 2.34. The van der Waals surface area contributed by atoms with Crippen molar-refractivity contribution in [3.63, 3.8) is 0 Å². The molecule has 3 heteroatoms. The van der Waals surface area contributed by atoms with Gasteiger partial charge in [-0.1, -0.05) is 23.8 Å². The fourth-order valence-corrected chi connectivity index (χ4v) is 2.25. The van der Waals surface area contributed by atoms with Crippen molar-refractivity contribution in [2.45, 2.75) is 32.7 Å². The second-order valence-electron chi connectivity index (χ2n) is 4.56. The van der Waals surface area contributed by atoms with Crippen LogP contribution in [0.4, 0.5) is 0 Å². The van der Waals surface area contributed by atoms with Crippen LogP contribution in [0.5, 0.6) is 0 Å². The third kappa shape index (κ3) is 2.68. The molecular formula is C14H20N2O. The third-order valence-electron chi connectivity index (χ3n) is 3.15. The van der Waals surface area contributed by atoms with Crippen LogP contribution >= 0.6 is 0 Å². The van der Waals surface area contributed by atoms with Crippen molar-refractivity contribution in [2.75, 3.05) is 6.61 Å². The maximum absolute atomic E-state index is 5.69. The van der Waals surface area contributed by atoms with Crippen LogP contribution in [0, 0.1) is 13.8 Å². The van der Waals surface area contributed by atoms with Crippen molar-refractivity contribution in [1.82, 2.24) is 5.43 Å². The number of hydrogen-bond donors (Lipinski definition) is 2. The Labute approximate surface area is 103 Å². The second kappa shape index (κ2) is 5.34. The lowest BCUT2D eigenvalue weighted by atomic mass is 9.97. The number of aryl methyl sites for hydroxylation is 2. The van der Waals surface area contributed by atoms with Crippen LogP contribution in [-0.2, 0) is 4.74 Å². The maximum Gasteiger partial charge on any atom is 0.115 e. The van der Waals surface area contributed by atoms with Gasteiger partial charge in [-0.25, -0.2) is 5.43 Å². The number of benzene rings is 1. The lowest BCUT2D eigenvalue weighted by Crippen LogP contribution is -2.31. The topological polar surface area (TPSA) is 47.3 Å². The van der Waals surface area contributed by atoms with Crippen molar-refractivity contribution in [2.24, 2.45) is 5.84 Å². The second-order valence-corrected chi connectivity index (χ2v) is 4.56. The number of hydrogen-bond acceptors (Lipinski definition) is 3. The van der Waals surface area contributed by atoms with Gasteiger partial charge in [-0.2, -0.15) is 0 Å². The number of rotatable bonds is 3. The number of nitrogens with two attached hydrogens (primary N) is 1. The van der Waals surface area contributed by atoms with Crippen LogP contribution in [0.1, 0.15) is 35.6 Å². The highest BCUT2D eigenvalue weighted by Gasteiger charge is 2.20. The number of hydrazine groups is 1. The minimum Gasteiger partial charge on any atom is -0.496 e. The summed E-state index contributed by atoms with van der Waals surface area (Å²) in [4.78, 5) is 0. The van der Waals surface area contributed by atoms with E-state index in [0.29, 0.717) is 0 Å². The first-order chi connectivity index (χ1) is 8.22. The predicted molar refractivity (Wildman–Crippen MR) is 69.2 cm³/mol. The Morgan fingerprint density at radius 3 is 2.76 bits per heavy atom. The summed E-state index contributed by atoms with van der Waals surface area (Å²) in [5.41, 5.74) is 6.54. The van der Waals surface area contributed by atoms with Gasteiger partial charge in [-0.3, -0.25) is 5.84 Å². The number of nitrogens with one attached hydrogen (secondary N) is 1. The van der Waals surface area contributed by atoms with Gasteiger partial charge in [0.1, 0.15) is 11.8 Å². The first-order valence-electron chi connectivity index (χ1n) is 6.08. The van der Waals surface area contributed by atoms with E-state index >= 15 is 0 Å². The monoisotopic (exact) mass is 232 g/mol. The molecule has 1 aromatic carbocycles. The molecule has 0 radical (unpaired) electrons. The third-order valence-corrected chi connectivity index (χ3v) is 3.15. The molecule has 0 bridgehead atoms. The molecule has 0 aromatic heterocycles. The summed E-state index contributed by atoms with van der Waals surface area (Å²) in [7, 11) is 0. The standard InChI is InChI=1S/C14H20N2O/c1-10-6-7-12(11(2)9-10)14(16-15)13-5-3-4-8-17-13/h5-7,9,14,16H,3-4,8,15H2,1-2H3. The Morgan fingerprint density at radius 2 is 2.18 bits per heavy atom. The molecule has 1 atom stereocenters. The molecule has 0 spiro atoms. The van der Waals surface area contributed by atoms with Gasteiger partial charge in [0, 0.05) is 0 Å². The van der Waals surface area contributed by atoms with E-state index in [9.17, 15) is 0 Å². The highest BCUT2D eigenvalue weighted by molar-refractivity contribution is 5.36. The Bertz CT molecular complexity index is 426. The molecule has 1 aliphatic heterocycles. The molecule has 1 aromatic rings. The molecule has 3 nitrogen and oxygen atoms in total. The zero-order valence-corrected chi connectivity index (χ0v) is 10.5. The Morgan fingerprint density at radius 1 is 1.35 bits per heavy atom. The van der Waals surface area contributed by atoms with Gasteiger partial charge in [-0.15, -0.1) is 0 Å². The van der Waals surface area contributed by atoms with E-state index in [1.165, 1.54) is 16.7 Å². The molecule has 1 aliphatic rings. The van der Waals surface area contributed by atoms with Gasteiger partial charge in [0.05, 0.1) is 6.61 Å². The Kier molecular flexibility index (Phi) is 3.82. The van der Waals surface area contributed by atoms with Crippen molar-refractivity contribution in [3.05, 3.63) is 46.7 Å². The molecule has 1 heterocycles. The van der Waals surface area contributed by atoms with E-state index in [4.69, 9.17) is 10.6 Å². The molecule has 0 aliphatic carbocycles. The lowest BCUT2D eigenvalue weighted by Gasteiger charge is -2.24. The predicted octanol–water partition coefficient (Wildman–Crippen LogP) is 2.50. The summed E-state index contributed by atoms with van der Waals surface area (Å²) >= 11 is 0. The van der Waals surface area contributed by atoms with Crippen LogP contribution < -0.4 is 11.3 Å². The molecule has 2 rings (SSSR count). The zero-order valence-electron chi connectivity index (χ0n) is 10.5. The van der Waals surface area contributed by atoms with E-state index < -0.39 is 0 Å². The van der Waals surface area contributed by atoms with E-state index in [-0.39, 0.29) is 6.04 Å². The van der Waals surface area contributed by atoms with E-state index in [1.807, 2.05) is 0 Å². The molecule has 0 fully saturated rings. The molecule has 0 saturated heterocycles. The average molecular weight is 232 g/mol. The Hall–Kier alpha value is -1.32.